The molecule has 0 radical (unpaired) electrons. The number of aliphatic hydroxyl groups excluding tert-OH is 1. The van der Waals surface area contributed by atoms with Crippen LogP contribution in [0.4, 0.5) is 0 Å². The fraction of sp³-hybridized carbons (Fsp3) is 0.847. The van der Waals surface area contributed by atoms with Crippen LogP contribution in [0.25, 0.3) is 0 Å². The van der Waals surface area contributed by atoms with Gasteiger partial charge in [-0.3, -0.25) is 13.8 Å². The number of quaternary nitrogens is 1. The highest BCUT2D eigenvalue weighted by molar-refractivity contribution is 7.47. The number of nitrogens with one attached hydrogen (secondary N) is 1. The van der Waals surface area contributed by atoms with Crippen LogP contribution in [0.1, 0.15) is 341 Å². The fourth-order valence-corrected chi connectivity index (χ4v) is 11.3. The van der Waals surface area contributed by atoms with E-state index in [1.165, 1.54) is 257 Å². The molecule has 0 saturated carbocycles. The molecule has 0 rings (SSSR count). The predicted molar refractivity (Wildman–Crippen MR) is 355 cm³/mol. The summed E-state index contributed by atoms with van der Waals surface area (Å²) in [6.45, 7) is 4.75. The quantitative estimate of drug-likeness (QED) is 0.0243. The van der Waals surface area contributed by atoms with Crippen LogP contribution in [-0.4, -0.2) is 73.4 Å². The molecule has 0 aliphatic heterocycles. The van der Waals surface area contributed by atoms with E-state index in [2.05, 4.69) is 67.8 Å². The van der Waals surface area contributed by atoms with Gasteiger partial charge in [-0.15, -0.1) is 0 Å². The van der Waals surface area contributed by atoms with Crippen LogP contribution in [0.3, 0.4) is 0 Å². The minimum absolute atomic E-state index is 0.0627. The number of likely N-dealkylation sites (N-methyl/N-ethyl adjacent to an activating group) is 1. The number of carbonyl (C=O) groups excluding carboxylic acids is 1. The molecule has 0 aliphatic carbocycles. The van der Waals surface area contributed by atoms with Crippen molar-refractivity contribution in [3.63, 3.8) is 0 Å². The largest absolute Gasteiger partial charge is 0.472 e. The summed E-state index contributed by atoms with van der Waals surface area (Å²) in [5, 5.41) is 14.0. The molecule has 0 aliphatic rings. The third-order valence-corrected chi connectivity index (χ3v) is 17.0. The highest BCUT2D eigenvalue weighted by Gasteiger charge is 2.28. The molecule has 0 spiro atoms. The molecular weight excluding hydrogens is 1020 g/mol. The topological polar surface area (TPSA) is 105 Å². The van der Waals surface area contributed by atoms with Crippen LogP contribution in [0.2, 0.25) is 0 Å². The van der Waals surface area contributed by atoms with Gasteiger partial charge < -0.3 is 19.8 Å². The molecule has 0 fully saturated rings. The van der Waals surface area contributed by atoms with Crippen molar-refractivity contribution in [2.24, 2.45) is 0 Å². The molecule has 81 heavy (non-hydrogen) atoms. The normalized spacial score (nSPS) is 14.0. The van der Waals surface area contributed by atoms with Crippen molar-refractivity contribution in [2.45, 2.75) is 353 Å². The van der Waals surface area contributed by atoms with Gasteiger partial charge in [0, 0.05) is 6.42 Å². The van der Waals surface area contributed by atoms with E-state index in [1.54, 1.807) is 6.08 Å². The molecular formula is C72H138N2O6P+. The van der Waals surface area contributed by atoms with Crippen LogP contribution in [0.15, 0.2) is 60.8 Å². The maximum Gasteiger partial charge on any atom is 0.472 e. The molecule has 0 aromatic rings. The molecule has 9 heteroatoms. The van der Waals surface area contributed by atoms with E-state index in [4.69, 9.17) is 9.05 Å². The zero-order valence-electron chi connectivity index (χ0n) is 54.5. The lowest BCUT2D eigenvalue weighted by molar-refractivity contribution is -0.870. The summed E-state index contributed by atoms with van der Waals surface area (Å²) in [5.74, 6) is -0.171. The highest BCUT2D eigenvalue weighted by atomic mass is 31.2. The Morgan fingerprint density at radius 2 is 0.741 bits per heavy atom. The minimum atomic E-state index is -4.35. The lowest BCUT2D eigenvalue weighted by atomic mass is 10.0. The molecule has 476 valence electrons. The van der Waals surface area contributed by atoms with Crippen LogP contribution >= 0.6 is 7.82 Å². The van der Waals surface area contributed by atoms with Crippen molar-refractivity contribution in [1.82, 2.24) is 5.32 Å². The van der Waals surface area contributed by atoms with Crippen molar-refractivity contribution in [2.75, 3.05) is 40.9 Å². The van der Waals surface area contributed by atoms with E-state index < -0.39 is 20.0 Å². The Labute approximate surface area is 504 Å². The molecule has 3 unspecified atom stereocenters. The Morgan fingerprint density at radius 1 is 0.432 bits per heavy atom. The highest BCUT2D eigenvalue weighted by Crippen LogP contribution is 2.43. The summed E-state index contributed by atoms with van der Waals surface area (Å²) >= 11 is 0. The van der Waals surface area contributed by atoms with Crippen LogP contribution < -0.4 is 5.32 Å². The number of amides is 1. The third kappa shape index (κ3) is 65.6. The van der Waals surface area contributed by atoms with Gasteiger partial charge in [0.1, 0.15) is 13.2 Å². The van der Waals surface area contributed by atoms with Gasteiger partial charge in [-0.1, -0.05) is 338 Å². The van der Waals surface area contributed by atoms with Crippen molar-refractivity contribution in [3.8, 4) is 0 Å². The number of hydrogen-bond acceptors (Lipinski definition) is 5. The first-order chi connectivity index (χ1) is 39.5. The Kier molecular flexibility index (Phi) is 61.3. The van der Waals surface area contributed by atoms with Crippen molar-refractivity contribution in [1.29, 1.82) is 0 Å². The number of carbonyl (C=O) groups is 1. The zero-order valence-corrected chi connectivity index (χ0v) is 55.4. The number of hydrogen-bond donors (Lipinski definition) is 3. The standard InChI is InChI=1S/C72H137N2O6P/c1-6-8-10-12-14-16-18-20-22-24-26-28-30-32-33-34-35-36-37-38-39-40-41-42-44-46-48-50-52-54-56-58-60-62-64-66-72(76)73-70(69-80-81(77,78)79-68-67-74(3,4)5)71(75)65-63-61-59-57-55-53-51-49-47-45-43-31-29-27-25-23-21-19-17-15-13-11-9-7-2/h8,10,14,16,20,22,26,28,63,65,70-71,75H,6-7,9,11-13,15,17-19,21,23-25,27,29-62,64,66-69H2,1-5H3,(H-,73,76,77,78)/p+1/b10-8-,16-14-,22-20-,28-26-,65-63+. The first-order valence-electron chi connectivity index (χ1n) is 35.2. The molecule has 3 atom stereocenters. The first-order valence-corrected chi connectivity index (χ1v) is 36.7. The van der Waals surface area contributed by atoms with Crippen LogP contribution in [0, 0.1) is 0 Å². The Morgan fingerprint density at radius 3 is 1.09 bits per heavy atom. The molecule has 0 aromatic carbocycles. The van der Waals surface area contributed by atoms with E-state index in [0.29, 0.717) is 17.4 Å². The fourth-order valence-electron chi connectivity index (χ4n) is 10.6. The number of aliphatic hydroxyl groups is 1. The van der Waals surface area contributed by atoms with Crippen molar-refractivity contribution >= 4 is 13.7 Å². The van der Waals surface area contributed by atoms with Gasteiger partial charge in [0.25, 0.3) is 0 Å². The second-order valence-electron chi connectivity index (χ2n) is 25.2. The van der Waals surface area contributed by atoms with E-state index in [1.807, 2.05) is 27.2 Å². The number of phosphoric acid groups is 1. The Bertz CT molecular complexity index is 1500. The molecule has 3 N–H and O–H groups in total. The van der Waals surface area contributed by atoms with Crippen LogP contribution in [0.5, 0.6) is 0 Å². The summed E-state index contributed by atoms with van der Waals surface area (Å²) in [4.78, 5) is 23.4. The van der Waals surface area contributed by atoms with Crippen molar-refractivity contribution in [3.05, 3.63) is 60.8 Å². The summed E-state index contributed by atoms with van der Waals surface area (Å²) in [7, 11) is 1.59. The maximum absolute atomic E-state index is 13.1. The minimum Gasteiger partial charge on any atom is -0.387 e. The summed E-state index contributed by atoms with van der Waals surface area (Å²) in [5.41, 5.74) is 0. The second-order valence-corrected chi connectivity index (χ2v) is 26.7. The van der Waals surface area contributed by atoms with Gasteiger partial charge in [-0.25, -0.2) is 4.57 Å². The zero-order chi connectivity index (χ0) is 59.1. The lowest BCUT2D eigenvalue weighted by Crippen LogP contribution is -2.45. The van der Waals surface area contributed by atoms with E-state index in [-0.39, 0.29) is 19.1 Å². The summed E-state index contributed by atoms with van der Waals surface area (Å²) in [6.07, 6.45) is 86.5. The van der Waals surface area contributed by atoms with Crippen molar-refractivity contribution < 1.29 is 32.9 Å². The molecule has 0 heterocycles. The molecule has 1 amide bonds. The van der Waals surface area contributed by atoms with Gasteiger partial charge in [-0.2, -0.15) is 0 Å². The second kappa shape index (κ2) is 62.7. The van der Waals surface area contributed by atoms with Gasteiger partial charge in [-0.05, 0) is 57.8 Å². The monoisotopic (exact) mass is 1160 g/mol. The smallest absolute Gasteiger partial charge is 0.387 e. The average Bonchev–Trinajstić information content (AvgIpc) is 3.43. The number of allylic oxidation sites excluding steroid dienone is 9. The van der Waals surface area contributed by atoms with Gasteiger partial charge in [0.2, 0.25) is 5.91 Å². The molecule has 8 nitrogen and oxygen atoms in total. The van der Waals surface area contributed by atoms with Gasteiger partial charge in [0.15, 0.2) is 0 Å². The first kappa shape index (κ1) is 79.2. The number of unbranched alkanes of at least 4 members (excludes halogenated alkanes) is 44. The van der Waals surface area contributed by atoms with E-state index in [9.17, 15) is 19.4 Å². The van der Waals surface area contributed by atoms with Gasteiger partial charge in [0.05, 0.1) is 39.9 Å². The summed E-state index contributed by atoms with van der Waals surface area (Å²) in [6, 6.07) is -0.848. The average molecular weight is 1160 g/mol. The van der Waals surface area contributed by atoms with Crippen LogP contribution in [-0.2, 0) is 18.4 Å². The Balaban J connectivity index is 4.01. The third-order valence-electron chi connectivity index (χ3n) is 16.0. The predicted octanol–water partition coefficient (Wildman–Crippen LogP) is 22.4. The number of phosphoric ester groups is 1. The number of nitrogens with zero attached hydrogens (tertiary/aromatic N) is 1. The number of rotatable bonds is 65. The Hall–Kier alpha value is -1.80. The van der Waals surface area contributed by atoms with E-state index >= 15 is 0 Å². The lowest BCUT2D eigenvalue weighted by Gasteiger charge is -2.25. The summed E-state index contributed by atoms with van der Waals surface area (Å²) < 4.78 is 23.8. The maximum atomic E-state index is 13.1. The molecule has 0 saturated heterocycles. The molecule has 0 bridgehead atoms. The SMILES string of the molecule is CC/C=C\C/C=C\C/C=C\C/C=C\CCCCCCCCCCCCCCCCCCCCCCCCC(=O)NC(COP(=O)(O)OCC[N+](C)(C)C)C(O)/C=C/CCCCCCCCCCCCCCCCCCCCCCCC. The van der Waals surface area contributed by atoms with E-state index in [0.717, 1.165) is 64.2 Å². The molecule has 0 aromatic heterocycles. The van der Waals surface area contributed by atoms with Gasteiger partial charge >= 0.3 is 7.82 Å².